The molecule has 202 valence electrons. The molecule has 6 nitrogen and oxygen atoms in total. The minimum Gasteiger partial charge on any atom is -0.508 e. The minimum atomic E-state index is -0.577. The smallest absolute Gasteiger partial charge is 0.239 e. The number of phenolic OH excluding ortho intramolecular Hbond substituents is 1. The van der Waals surface area contributed by atoms with E-state index in [4.69, 9.17) is 23.2 Å². The van der Waals surface area contributed by atoms with E-state index in [1.807, 2.05) is 47.4 Å². The fourth-order valence-electron chi connectivity index (χ4n) is 5.49. The van der Waals surface area contributed by atoms with E-state index in [9.17, 15) is 14.7 Å². The Kier molecular flexibility index (Phi) is 7.61. The summed E-state index contributed by atoms with van der Waals surface area (Å²) in [5, 5.41) is 17.0. The molecule has 1 amide bonds. The van der Waals surface area contributed by atoms with Crippen molar-refractivity contribution in [3.05, 3.63) is 99.2 Å². The van der Waals surface area contributed by atoms with Crippen LogP contribution in [0.3, 0.4) is 0 Å². The summed E-state index contributed by atoms with van der Waals surface area (Å²) < 4.78 is 0. The molecule has 8 heteroatoms. The number of para-hydroxylation sites is 2. The Balaban J connectivity index is 1.53. The zero-order chi connectivity index (χ0) is 27.7. The SMILES string of the molecule is CC1(C)CC(=O)C2=C(C1)Nc1ccccc1N(CC(=O)NCCc1ccc(O)cc1)C2c1ccc(Cl)cc1Cl. The number of ketones is 1. The summed E-state index contributed by atoms with van der Waals surface area (Å²) in [5.74, 6) is 0.0686. The van der Waals surface area contributed by atoms with Crippen molar-refractivity contribution >= 4 is 46.3 Å². The standard InChI is InChI=1S/C31H31Cl2N3O3/c1-31(2)16-25-29(27(38)17-31)30(22-12-9-20(32)15-23(22)33)36(26-6-4-3-5-24(26)35-25)18-28(39)34-14-13-19-7-10-21(37)11-8-19/h3-12,15,30,35,37H,13-14,16-18H2,1-2H3,(H,34,39). The van der Waals surface area contributed by atoms with Crippen LogP contribution in [0, 0.1) is 5.41 Å². The fourth-order valence-corrected chi connectivity index (χ4v) is 6.01. The monoisotopic (exact) mass is 563 g/mol. The van der Waals surface area contributed by atoms with Crippen molar-refractivity contribution in [2.24, 2.45) is 5.41 Å². The molecule has 0 radical (unpaired) electrons. The lowest BCUT2D eigenvalue weighted by molar-refractivity contribution is -0.120. The van der Waals surface area contributed by atoms with Gasteiger partial charge in [-0.05, 0) is 65.8 Å². The number of fused-ring (bicyclic) bond motifs is 1. The number of hydrogen-bond donors (Lipinski definition) is 3. The minimum absolute atomic E-state index is 0.0192. The van der Waals surface area contributed by atoms with Crippen LogP contribution < -0.4 is 15.5 Å². The van der Waals surface area contributed by atoms with Crippen molar-refractivity contribution in [2.75, 3.05) is 23.3 Å². The van der Waals surface area contributed by atoms with Crippen molar-refractivity contribution in [1.82, 2.24) is 5.32 Å². The first-order valence-electron chi connectivity index (χ1n) is 13.0. The number of hydrogen-bond acceptors (Lipinski definition) is 5. The molecule has 1 atom stereocenters. The van der Waals surface area contributed by atoms with Crippen LogP contribution in [0.2, 0.25) is 10.0 Å². The molecule has 3 aromatic rings. The van der Waals surface area contributed by atoms with Crippen LogP contribution in [0.1, 0.15) is 43.9 Å². The molecule has 1 aliphatic heterocycles. The summed E-state index contributed by atoms with van der Waals surface area (Å²) in [6.07, 6.45) is 1.72. The highest BCUT2D eigenvalue weighted by atomic mass is 35.5. The van der Waals surface area contributed by atoms with Crippen LogP contribution in [0.4, 0.5) is 11.4 Å². The van der Waals surface area contributed by atoms with Crippen molar-refractivity contribution in [3.8, 4) is 5.75 Å². The van der Waals surface area contributed by atoms with Gasteiger partial charge < -0.3 is 20.6 Å². The molecule has 0 aromatic heterocycles. The van der Waals surface area contributed by atoms with E-state index in [1.54, 1.807) is 24.3 Å². The van der Waals surface area contributed by atoms with E-state index in [1.165, 1.54) is 0 Å². The molecule has 1 unspecified atom stereocenters. The van der Waals surface area contributed by atoms with Crippen LogP contribution in [-0.4, -0.2) is 29.9 Å². The van der Waals surface area contributed by atoms with Gasteiger partial charge in [-0.25, -0.2) is 0 Å². The normalized spacial score (nSPS) is 18.1. The summed E-state index contributed by atoms with van der Waals surface area (Å²) in [4.78, 5) is 29.1. The predicted octanol–water partition coefficient (Wildman–Crippen LogP) is 6.67. The van der Waals surface area contributed by atoms with Crippen molar-refractivity contribution in [3.63, 3.8) is 0 Å². The molecule has 3 aromatic carbocycles. The molecule has 0 fully saturated rings. The number of anilines is 2. The van der Waals surface area contributed by atoms with Gasteiger partial charge in [0.15, 0.2) is 5.78 Å². The van der Waals surface area contributed by atoms with Crippen LogP contribution >= 0.6 is 23.2 Å². The maximum absolute atomic E-state index is 13.8. The number of allylic oxidation sites excluding steroid dienone is 1. The first-order chi connectivity index (χ1) is 18.6. The van der Waals surface area contributed by atoms with Gasteiger partial charge in [-0.2, -0.15) is 0 Å². The lowest BCUT2D eigenvalue weighted by atomic mass is 9.73. The molecule has 2 aliphatic rings. The number of halogens is 2. The molecule has 0 saturated heterocycles. The van der Waals surface area contributed by atoms with Crippen LogP contribution in [0.25, 0.3) is 0 Å². The second kappa shape index (κ2) is 10.9. The van der Waals surface area contributed by atoms with Gasteiger partial charge in [-0.3, -0.25) is 9.59 Å². The Hall–Kier alpha value is -3.48. The third-order valence-electron chi connectivity index (χ3n) is 7.25. The van der Waals surface area contributed by atoms with E-state index < -0.39 is 6.04 Å². The molecule has 0 bridgehead atoms. The zero-order valence-electron chi connectivity index (χ0n) is 21.9. The molecule has 1 aliphatic carbocycles. The Labute approximate surface area is 238 Å². The first kappa shape index (κ1) is 27.1. The number of Topliss-reactive ketones (excluding diaryl/α,β-unsaturated/α-hetero) is 1. The molecule has 1 heterocycles. The second-order valence-corrected chi connectivity index (χ2v) is 11.8. The third kappa shape index (κ3) is 5.92. The van der Waals surface area contributed by atoms with Gasteiger partial charge in [-0.1, -0.05) is 67.4 Å². The number of amides is 1. The van der Waals surface area contributed by atoms with E-state index in [2.05, 4.69) is 24.5 Å². The predicted molar refractivity (Wildman–Crippen MR) is 156 cm³/mol. The lowest BCUT2D eigenvalue weighted by Gasteiger charge is -2.38. The van der Waals surface area contributed by atoms with E-state index >= 15 is 0 Å². The molecule has 39 heavy (non-hydrogen) atoms. The van der Waals surface area contributed by atoms with E-state index in [0.29, 0.717) is 41.4 Å². The van der Waals surface area contributed by atoms with Gasteiger partial charge in [0.05, 0.1) is 24.0 Å². The maximum atomic E-state index is 13.8. The van der Waals surface area contributed by atoms with E-state index in [-0.39, 0.29) is 29.4 Å². The lowest BCUT2D eigenvalue weighted by Crippen LogP contribution is -2.42. The molecule has 0 saturated carbocycles. The summed E-state index contributed by atoms with van der Waals surface area (Å²) >= 11 is 13.0. The third-order valence-corrected chi connectivity index (χ3v) is 7.81. The van der Waals surface area contributed by atoms with Crippen molar-refractivity contribution in [1.29, 1.82) is 0 Å². The second-order valence-electron chi connectivity index (χ2n) is 10.9. The highest BCUT2D eigenvalue weighted by molar-refractivity contribution is 6.35. The quantitative estimate of drug-likeness (QED) is 0.312. The Morgan fingerprint density at radius 1 is 1.08 bits per heavy atom. The van der Waals surface area contributed by atoms with Crippen LogP contribution in [0.5, 0.6) is 5.75 Å². The average Bonchev–Trinajstić information content (AvgIpc) is 2.99. The molecule has 5 rings (SSSR count). The number of benzene rings is 3. The number of aromatic hydroxyl groups is 1. The van der Waals surface area contributed by atoms with Gasteiger partial charge in [-0.15, -0.1) is 0 Å². The van der Waals surface area contributed by atoms with Crippen LogP contribution in [0.15, 0.2) is 78.0 Å². The Morgan fingerprint density at radius 3 is 2.56 bits per heavy atom. The van der Waals surface area contributed by atoms with E-state index in [0.717, 1.165) is 28.2 Å². The zero-order valence-corrected chi connectivity index (χ0v) is 23.4. The topological polar surface area (TPSA) is 81.7 Å². The van der Waals surface area contributed by atoms with Gasteiger partial charge >= 0.3 is 0 Å². The van der Waals surface area contributed by atoms with Gasteiger partial charge in [0.1, 0.15) is 5.75 Å². The summed E-state index contributed by atoms with van der Waals surface area (Å²) in [7, 11) is 0. The highest BCUT2D eigenvalue weighted by Crippen LogP contribution is 2.49. The van der Waals surface area contributed by atoms with Crippen molar-refractivity contribution < 1.29 is 14.7 Å². The number of carbonyl (C=O) groups is 2. The Bertz CT molecular complexity index is 1450. The molecular formula is C31H31Cl2N3O3. The molecule has 0 spiro atoms. The fraction of sp³-hybridized carbons (Fsp3) is 0.290. The summed E-state index contributed by atoms with van der Waals surface area (Å²) in [5.41, 5.74) is 4.65. The number of carbonyl (C=O) groups excluding carboxylic acids is 2. The maximum Gasteiger partial charge on any atom is 0.239 e. The highest BCUT2D eigenvalue weighted by Gasteiger charge is 2.42. The molecule has 3 N–H and O–H groups in total. The van der Waals surface area contributed by atoms with Crippen molar-refractivity contribution in [2.45, 2.75) is 39.2 Å². The number of rotatable bonds is 6. The number of phenols is 1. The average molecular weight is 565 g/mol. The first-order valence-corrected chi connectivity index (χ1v) is 13.8. The molecular weight excluding hydrogens is 533 g/mol. The summed E-state index contributed by atoms with van der Waals surface area (Å²) in [6.45, 7) is 4.64. The Morgan fingerprint density at radius 2 is 1.82 bits per heavy atom. The van der Waals surface area contributed by atoms with Crippen LogP contribution in [-0.2, 0) is 16.0 Å². The van der Waals surface area contributed by atoms with Gasteiger partial charge in [0, 0.05) is 34.3 Å². The number of nitrogens with one attached hydrogen (secondary N) is 2. The summed E-state index contributed by atoms with van der Waals surface area (Å²) in [6, 6.07) is 19.4. The van der Waals surface area contributed by atoms with Gasteiger partial charge in [0.25, 0.3) is 0 Å². The largest absolute Gasteiger partial charge is 0.508 e. The van der Waals surface area contributed by atoms with Gasteiger partial charge in [0.2, 0.25) is 5.91 Å². The number of nitrogens with zero attached hydrogens (tertiary/aromatic N) is 1.